The van der Waals surface area contributed by atoms with E-state index in [9.17, 15) is 19.5 Å². The van der Waals surface area contributed by atoms with Crippen LogP contribution in [0.3, 0.4) is 0 Å². The third-order valence-electron chi connectivity index (χ3n) is 5.77. The second-order valence-corrected chi connectivity index (χ2v) is 8.99. The van der Waals surface area contributed by atoms with E-state index in [1.54, 1.807) is 73.8 Å². The number of nitrogens with zero attached hydrogens (tertiary/aromatic N) is 1. The number of aryl methyl sites for hydroxylation is 1. The Labute approximate surface area is 211 Å². The van der Waals surface area contributed by atoms with Crippen molar-refractivity contribution in [3.05, 3.63) is 93.5 Å². The molecule has 1 unspecified atom stereocenters. The second kappa shape index (κ2) is 9.76. The molecule has 2 N–H and O–H groups in total. The fourth-order valence-electron chi connectivity index (χ4n) is 4.06. The molecule has 4 rings (SSSR count). The number of hydrogen-bond acceptors (Lipinski definition) is 5. The third kappa shape index (κ3) is 4.70. The number of halogens is 1. The highest BCUT2D eigenvalue weighted by Crippen LogP contribution is 2.43. The van der Waals surface area contributed by atoms with Gasteiger partial charge in [0, 0.05) is 28.3 Å². The standard InChI is InChI=1S/C27H23BrN2O5/c1-15-14-18(6-13-22(15)28)25(32)23-24(17-4-11-21(35-3)12-5-17)30(27(34)26(23)33)20-9-7-19(8-10-20)29-16(2)31/h4-14,24,32H,1-3H3,(H,29,31)/b25-23-. The molecule has 7 nitrogen and oxygen atoms in total. The van der Waals surface area contributed by atoms with Gasteiger partial charge >= 0.3 is 0 Å². The number of amides is 2. The van der Waals surface area contributed by atoms with Crippen molar-refractivity contribution in [3.63, 3.8) is 0 Å². The van der Waals surface area contributed by atoms with E-state index in [1.807, 2.05) is 6.92 Å². The molecule has 0 radical (unpaired) electrons. The first-order valence-corrected chi connectivity index (χ1v) is 11.6. The largest absolute Gasteiger partial charge is 0.507 e. The number of ketones is 1. The number of rotatable bonds is 5. The van der Waals surface area contributed by atoms with Gasteiger partial charge in [-0.15, -0.1) is 0 Å². The number of hydrogen-bond donors (Lipinski definition) is 2. The summed E-state index contributed by atoms with van der Waals surface area (Å²) in [5.74, 6) is -1.39. The lowest BCUT2D eigenvalue weighted by Crippen LogP contribution is -2.29. The number of nitrogens with one attached hydrogen (secondary N) is 1. The molecule has 3 aromatic carbocycles. The first kappa shape index (κ1) is 24.2. The van der Waals surface area contributed by atoms with Crippen LogP contribution in [0.15, 0.2) is 76.8 Å². The summed E-state index contributed by atoms with van der Waals surface area (Å²) in [4.78, 5) is 39.3. The highest BCUT2D eigenvalue weighted by Gasteiger charge is 2.47. The Morgan fingerprint density at radius 3 is 2.26 bits per heavy atom. The van der Waals surface area contributed by atoms with Crippen molar-refractivity contribution in [1.29, 1.82) is 0 Å². The number of carbonyl (C=O) groups excluding carboxylic acids is 3. The van der Waals surface area contributed by atoms with Gasteiger partial charge in [-0.3, -0.25) is 19.3 Å². The average Bonchev–Trinajstić information content (AvgIpc) is 3.11. The molecule has 1 fully saturated rings. The smallest absolute Gasteiger partial charge is 0.300 e. The summed E-state index contributed by atoms with van der Waals surface area (Å²) in [6.07, 6.45) is 0. The molecule has 1 aliphatic rings. The molecule has 35 heavy (non-hydrogen) atoms. The van der Waals surface area contributed by atoms with Crippen LogP contribution in [-0.2, 0) is 14.4 Å². The molecule has 2 amide bonds. The number of methoxy groups -OCH3 is 1. The molecule has 0 spiro atoms. The number of aliphatic hydroxyl groups excluding tert-OH is 1. The molecule has 1 heterocycles. The minimum Gasteiger partial charge on any atom is -0.507 e. The molecule has 0 aromatic heterocycles. The van der Waals surface area contributed by atoms with Gasteiger partial charge in [-0.1, -0.05) is 34.1 Å². The first-order chi connectivity index (χ1) is 16.7. The lowest BCUT2D eigenvalue weighted by molar-refractivity contribution is -0.132. The van der Waals surface area contributed by atoms with Crippen LogP contribution >= 0.6 is 15.9 Å². The number of benzene rings is 3. The van der Waals surface area contributed by atoms with Gasteiger partial charge in [0.25, 0.3) is 11.7 Å². The van der Waals surface area contributed by atoms with Crippen molar-refractivity contribution in [1.82, 2.24) is 0 Å². The molecular formula is C27H23BrN2O5. The Bertz CT molecular complexity index is 1350. The Morgan fingerprint density at radius 1 is 1.03 bits per heavy atom. The lowest BCUT2D eigenvalue weighted by Gasteiger charge is -2.26. The Morgan fingerprint density at radius 2 is 1.69 bits per heavy atom. The Hall–Kier alpha value is -3.91. The lowest BCUT2D eigenvalue weighted by atomic mass is 9.94. The van der Waals surface area contributed by atoms with Gasteiger partial charge in [-0.25, -0.2) is 0 Å². The van der Waals surface area contributed by atoms with E-state index in [2.05, 4.69) is 21.2 Å². The zero-order valence-electron chi connectivity index (χ0n) is 19.3. The van der Waals surface area contributed by atoms with Crippen molar-refractivity contribution in [2.24, 2.45) is 0 Å². The van der Waals surface area contributed by atoms with Gasteiger partial charge < -0.3 is 15.2 Å². The van der Waals surface area contributed by atoms with Crippen LogP contribution in [0, 0.1) is 6.92 Å². The van der Waals surface area contributed by atoms with Crippen molar-refractivity contribution in [2.45, 2.75) is 19.9 Å². The van der Waals surface area contributed by atoms with Gasteiger partial charge in [-0.2, -0.15) is 0 Å². The van der Waals surface area contributed by atoms with Crippen LogP contribution in [0.4, 0.5) is 11.4 Å². The second-order valence-electron chi connectivity index (χ2n) is 8.13. The van der Waals surface area contributed by atoms with E-state index < -0.39 is 17.7 Å². The number of ether oxygens (including phenoxy) is 1. The quantitative estimate of drug-likeness (QED) is 0.261. The fraction of sp³-hybridized carbons (Fsp3) is 0.148. The van der Waals surface area contributed by atoms with E-state index in [4.69, 9.17) is 4.74 Å². The van der Waals surface area contributed by atoms with E-state index in [1.165, 1.54) is 11.8 Å². The van der Waals surface area contributed by atoms with E-state index in [0.717, 1.165) is 10.0 Å². The molecule has 0 aliphatic carbocycles. The first-order valence-electron chi connectivity index (χ1n) is 10.8. The van der Waals surface area contributed by atoms with Crippen molar-refractivity contribution in [2.75, 3.05) is 17.3 Å². The van der Waals surface area contributed by atoms with Crippen LogP contribution in [0.1, 0.15) is 29.7 Å². The Kier molecular flexibility index (Phi) is 6.75. The van der Waals surface area contributed by atoms with Crippen molar-refractivity contribution in [3.8, 4) is 5.75 Å². The van der Waals surface area contributed by atoms with Crippen LogP contribution in [0.25, 0.3) is 5.76 Å². The predicted molar refractivity (Wildman–Crippen MR) is 137 cm³/mol. The number of carbonyl (C=O) groups is 3. The van der Waals surface area contributed by atoms with Crippen LogP contribution < -0.4 is 15.0 Å². The number of aliphatic hydroxyl groups is 1. The summed E-state index contributed by atoms with van der Waals surface area (Å²) in [5.41, 5.74) is 2.94. The monoisotopic (exact) mass is 534 g/mol. The van der Waals surface area contributed by atoms with Crippen molar-refractivity contribution >= 4 is 50.7 Å². The molecule has 3 aromatic rings. The maximum Gasteiger partial charge on any atom is 0.300 e. The van der Waals surface area contributed by atoms with E-state index in [-0.39, 0.29) is 17.2 Å². The normalized spacial score (nSPS) is 16.9. The molecule has 0 saturated carbocycles. The number of anilines is 2. The summed E-state index contributed by atoms with van der Waals surface area (Å²) in [6.45, 7) is 3.27. The minimum absolute atomic E-state index is 0.00664. The molecular weight excluding hydrogens is 512 g/mol. The van der Waals surface area contributed by atoms with Gasteiger partial charge in [-0.05, 0) is 66.6 Å². The maximum atomic E-state index is 13.3. The minimum atomic E-state index is -0.864. The zero-order chi connectivity index (χ0) is 25.3. The summed E-state index contributed by atoms with van der Waals surface area (Å²) < 4.78 is 6.11. The van der Waals surface area contributed by atoms with Crippen LogP contribution in [0.2, 0.25) is 0 Å². The van der Waals surface area contributed by atoms with Gasteiger partial charge in [0.15, 0.2) is 0 Å². The number of Topliss-reactive ketones (excluding diaryl/α,β-unsaturated/α-hetero) is 1. The summed E-state index contributed by atoms with van der Waals surface area (Å²) >= 11 is 3.44. The van der Waals surface area contributed by atoms with Gasteiger partial charge in [0.2, 0.25) is 5.91 Å². The molecule has 8 heteroatoms. The van der Waals surface area contributed by atoms with Crippen LogP contribution in [-0.4, -0.2) is 29.8 Å². The highest BCUT2D eigenvalue weighted by atomic mass is 79.9. The third-order valence-corrected chi connectivity index (χ3v) is 6.66. The van der Waals surface area contributed by atoms with Gasteiger partial charge in [0.05, 0.1) is 18.7 Å². The van der Waals surface area contributed by atoms with Gasteiger partial charge in [0.1, 0.15) is 11.5 Å². The topological polar surface area (TPSA) is 95.9 Å². The average molecular weight is 535 g/mol. The van der Waals surface area contributed by atoms with Crippen LogP contribution in [0.5, 0.6) is 5.75 Å². The zero-order valence-corrected chi connectivity index (χ0v) is 20.9. The van der Waals surface area contributed by atoms with Crippen molar-refractivity contribution < 1.29 is 24.2 Å². The SMILES string of the molecule is COc1ccc(C2/C(=C(/O)c3ccc(Br)c(C)c3)C(=O)C(=O)N2c2ccc(NC(C)=O)cc2)cc1. The fourth-order valence-corrected chi connectivity index (χ4v) is 4.30. The Balaban J connectivity index is 1.88. The summed E-state index contributed by atoms with van der Waals surface area (Å²) in [5, 5.41) is 13.9. The molecule has 1 saturated heterocycles. The highest BCUT2D eigenvalue weighted by molar-refractivity contribution is 9.10. The summed E-state index contributed by atoms with van der Waals surface area (Å²) in [7, 11) is 1.55. The van der Waals surface area contributed by atoms with E-state index >= 15 is 0 Å². The summed E-state index contributed by atoms with van der Waals surface area (Å²) in [6, 6.07) is 17.9. The maximum absolute atomic E-state index is 13.3. The molecule has 0 bridgehead atoms. The molecule has 1 atom stereocenters. The predicted octanol–water partition coefficient (Wildman–Crippen LogP) is 5.35. The molecule has 1 aliphatic heterocycles. The van der Waals surface area contributed by atoms with E-state index in [0.29, 0.717) is 28.3 Å². The molecule has 178 valence electrons.